The van der Waals surface area contributed by atoms with Crippen molar-refractivity contribution in [3.05, 3.63) is 0 Å². The third kappa shape index (κ3) is 6.70. The minimum absolute atomic E-state index is 0.0456. The molecule has 0 aliphatic heterocycles. The molecule has 5 heteroatoms. The molecule has 0 saturated heterocycles. The van der Waals surface area contributed by atoms with Gasteiger partial charge < -0.3 is 14.8 Å². The van der Waals surface area contributed by atoms with Crippen LogP contribution >= 0.6 is 0 Å². The van der Waals surface area contributed by atoms with Crippen LogP contribution in [0.1, 0.15) is 58.8 Å². The lowest BCUT2D eigenvalue weighted by Crippen LogP contribution is -2.47. The summed E-state index contributed by atoms with van der Waals surface area (Å²) < 4.78 is 10.9. The Labute approximate surface area is 152 Å². The lowest BCUT2D eigenvalue weighted by Gasteiger charge is -2.35. The largest absolute Gasteiger partial charge is 0.384 e. The molecule has 2 aliphatic rings. The van der Waals surface area contributed by atoms with Crippen LogP contribution in [0.15, 0.2) is 0 Å². The van der Waals surface area contributed by atoms with Crippen molar-refractivity contribution in [2.45, 2.75) is 64.8 Å². The third-order valence-corrected chi connectivity index (χ3v) is 5.67. The number of hydrogen-bond acceptors (Lipinski definition) is 4. The second-order valence-corrected chi connectivity index (χ2v) is 8.16. The molecule has 0 aromatic rings. The van der Waals surface area contributed by atoms with E-state index in [0.717, 1.165) is 26.1 Å². The molecule has 5 nitrogen and oxygen atoms in total. The zero-order valence-electron chi connectivity index (χ0n) is 16.1. The van der Waals surface area contributed by atoms with E-state index in [2.05, 4.69) is 5.32 Å². The molecule has 0 radical (unpaired) electrons. The number of carbonyl (C=O) groups excluding carboxylic acids is 2. The molecule has 0 atom stereocenters. The number of hydrogen-bond donors (Lipinski definition) is 1. The maximum Gasteiger partial charge on any atom is 0.222 e. The predicted octanol–water partition coefficient (Wildman–Crippen LogP) is 2.97. The average molecular weight is 354 g/mol. The van der Waals surface area contributed by atoms with Crippen LogP contribution in [0, 0.1) is 23.7 Å². The van der Waals surface area contributed by atoms with Gasteiger partial charge in [0.15, 0.2) is 0 Å². The molecule has 2 aliphatic carbocycles. The van der Waals surface area contributed by atoms with E-state index in [9.17, 15) is 9.59 Å². The van der Waals surface area contributed by atoms with Crippen molar-refractivity contribution in [3.8, 4) is 0 Å². The molecule has 1 N–H and O–H groups in total. The van der Waals surface area contributed by atoms with Crippen LogP contribution in [0.4, 0.5) is 0 Å². The lowest BCUT2D eigenvalue weighted by molar-refractivity contribution is -0.131. The number of nitrogens with one attached hydrogen (secondary N) is 1. The van der Waals surface area contributed by atoms with Gasteiger partial charge in [-0.25, -0.2) is 0 Å². The van der Waals surface area contributed by atoms with Gasteiger partial charge in [0.05, 0.1) is 6.61 Å². The van der Waals surface area contributed by atoms with Gasteiger partial charge >= 0.3 is 0 Å². The van der Waals surface area contributed by atoms with Gasteiger partial charge in [0.1, 0.15) is 5.78 Å². The first-order valence-corrected chi connectivity index (χ1v) is 9.89. The molecule has 2 fully saturated rings. The number of Topliss-reactive ketones (excluding diaryl/α,β-unsaturated/α-hetero) is 1. The number of amides is 1. The Kier molecular flexibility index (Phi) is 8.37. The minimum Gasteiger partial charge on any atom is -0.384 e. The Balaban J connectivity index is 1.48. The summed E-state index contributed by atoms with van der Waals surface area (Å²) >= 11 is 0. The molecule has 25 heavy (non-hydrogen) atoms. The fourth-order valence-electron chi connectivity index (χ4n) is 3.95. The van der Waals surface area contributed by atoms with Gasteiger partial charge in [-0.3, -0.25) is 9.59 Å². The predicted molar refractivity (Wildman–Crippen MR) is 97.3 cm³/mol. The van der Waals surface area contributed by atoms with Crippen molar-refractivity contribution >= 4 is 11.7 Å². The monoisotopic (exact) mass is 353 g/mol. The number of ether oxygens (including phenoxy) is 2. The third-order valence-electron chi connectivity index (χ3n) is 5.67. The Hall–Kier alpha value is -0.940. The second kappa shape index (κ2) is 10.3. The average Bonchev–Trinajstić information content (AvgIpc) is 2.55. The van der Waals surface area contributed by atoms with E-state index < -0.39 is 0 Å². The van der Waals surface area contributed by atoms with Crippen molar-refractivity contribution in [3.63, 3.8) is 0 Å². The summed E-state index contributed by atoms with van der Waals surface area (Å²) in [5.41, 5.74) is 0. The van der Waals surface area contributed by atoms with E-state index in [1.165, 1.54) is 25.7 Å². The summed E-state index contributed by atoms with van der Waals surface area (Å²) in [4.78, 5) is 23.8. The number of ketones is 1. The maximum atomic E-state index is 11.9. The van der Waals surface area contributed by atoms with E-state index in [-0.39, 0.29) is 23.8 Å². The number of carbonyl (C=O) groups is 2. The van der Waals surface area contributed by atoms with Crippen molar-refractivity contribution in [2.75, 3.05) is 26.9 Å². The first kappa shape index (κ1) is 20.4. The molecular weight excluding hydrogens is 318 g/mol. The molecule has 1 amide bonds. The summed E-state index contributed by atoms with van der Waals surface area (Å²) in [7, 11) is 1.77. The summed E-state index contributed by atoms with van der Waals surface area (Å²) in [5.74, 6) is 1.96. The summed E-state index contributed by atoms with van der Waals surface area (Å²) in [6.07, 6.45) is 6.86. The smallest absolute Gasteiger partial charge is 0.222 e. The molecular formula is C20H35NO4. The van der Waals surface area contributed by atoms with Gasteiger partial charge in [0.25, 0.3) is 0 Å². The fraction of sp³-hybridized carbons (Fsp3) is 0.900. The van der Waals surface area contributed by atoms with Crippen LogP contribution in [0.25, 0.3) is 0 Å². The van der Waals surface area contributed by atoms with E-state index in [0.29, 0.717) is 30.6 Å². The Morgan fingerprint density at radius 2 is 1.64 bits per heavy atom. The number of methoxy groups -OCH3 is 1. The van der Waals surface area contributed by atoms with Gasteiger partial charge in [-0.15, -0.1) is 0 Å². The van der Waals surface area contributed by atoms with Crippen LogP contribution < -0.4 is 5.32 Å². The Morgan fingerprint density at radius 1 is 1.04 bits per heavy atom. The maximum absolute atomic E-state index is 11.9. The van der Waals surface area contributed by atoms with E-state index in [4.69, 9.17) is 9.47 Å². The van der Waals surface area contributed by atoms with Gasteiger partial charge in [-0.2, -0.15) is 0 Å². The highest BCUT2D eigenvalue weighted by Gasteiger charge is 2.35. The summed E-state index contributed by atoms with van der Waals surface area (Å²) in [6.45, 7) is 6.01. The van der Waals surface area contributed by atoms with Gasteiger partial charge in [0, 0.05) is 44.6 Å². The number of rotatable bonds is 10. The Morgan fingerprint density at radius 3 is 2.20 bits per heavy atom. The van der Waals surface area contributed by atoms with E-state index in [1.54, 1.807) is 7.11 Å². The van der Waals surface area contributed by atoms with Crippen molar-refractivity contribution in [2.24, 2.45) is 23.7 Å². The Bertz CT molecular complexity index is 423. The molecule has 2 saturated carbocycles. The first-order valence-electron chi connectivity index (χ1n) is 9.89. The van der Waals surface area contributed by atoms with E-state index >= 15 is 0 Å². The zero-order valence-corrected chi connectivity index (χ0v) is 16.1. The normalized spacial score (nSPS) is 29.3. The van der Waals surface area contributed by atoms with Crippen LogP contribution in [-0.4, -0.2) is 44.7 Å². The minimum atomic E-state index is 0.0456. The summed E-state index contributed by atoms with van der Waals surface area (Å²) in [6, 6.07) is 0.177. The highest BCUT2D eigenvalue weighted by atomic mass is 16.5. The highest BCUT2D eigenvalue weighted by Crippen LogP contribution is 2.31. The zero-order chi connectivity index (χ0) is 18.2. The van der Waals surface area contributed by atoms with Gasteiger partial charge in [0.2, 0.25) is 5.91 Å². The van der Waals surface area contributed by atoms with E-state index in [1.807, 2.05) is 13.8 Å². The fourth-order valence-corrected chi connectivity index (χ4v) is 3.95. The molecule has 0 heterocycles. The topological polar surface area (TPSA) is 64.6 Å². The molecule has 2 rings (SSSR count). The van der Waals surface area contributed by atoms with Crippen LogP contribution in [0.3, 0.4) is 0 Å². The molecule has 144 valence electrons. The van der Waals surface area contributed by atoms with Gasteiger partial charge in [-0.1, -0.05) is 13.8 Å². The standard InChI is InChI=1S/C20H35NO4/c1-14(2)20(23)17-10-18(11-17)21-19(22)8-9-25-13-16-6-4-15(5-7-16)12-24-3/h14-18H,4-13H2,1-3H3,(H,21,22). The molecule has 0 spiro atoms. The van der Waals surface area contributed by atoms with Crippen molar-refractivity contribution in [1.29, 1.82) is 0 Å². The van der Waals surface area contributed by atoms with Crippen LogP contribution in [0.5, 0.6) is 0 Å². The van der Waals surface area contributed by atoms with Crippen LogP contribution in [-0.2, 0) is 19.1 Å². The summed E-state index contributed by atoms with van der Waals surface area (Å²) in [5, 5.41) is 3.01. The quantitative estimate of drug-likeness (QED) is 0.613. The molecule has 0 unspecified atom stereocenters. The highest BCUT2D eigenvalue weighted by molar-refractivity contribution is 5.84. The first-order chi connectivity index (χ1) is 12.0. The van der Waals surface area contributed by atoms with Crippen molar-refractivity contribution < 1.29 is 19.1 Å². The molecule has 0 aromatic heterocycles. The second-order valence-electron chi connectivity index (χ2n) is 8.16. The SMILES string of the molecule is COCC1CCC(COCCC(=O)NC2CC(C(=O)C(C)C)C2)CC1. The lowest BCUT2D eigenvalue weighted by atomic mass is 9.75. The van der Waals surface area contributed by atoms with Crippen molar-refractivity contribution in [1.82, 2.24) is 5.32 Å². The molecule has 0 aromatic carbocycles. The molecule has 0 bridgehead atoms. The van der Waals surface area contributed by atoms with Gasteiger partial charge in [-0.05, 0) is 50.4 Å². The van der Waals surface area contributed by atoms with Crippen LogP contribution in [0.2, 0.25) is 0 Å².